The van der Waals surface area contributed by atoms with Crippen LogP contribution in [0.15, 0.2) is 30.5 Å². The number of halogens is 1. The molecule has 0 aliphatic carbocycles. The van der Waals surface area contributed by atoms with E-state index in [4.69, 9.17) is 22.1 Å². The van der Waals surface area contributed by atoms with E-state index in [1.54, 1.807) is 12.3 Å². The largest absolute Gasteiger partial charge is 0.384 e. The summed E-state index contributed by atoms with van der Waals surface area (Å²) < 4.78 is 7.39. The first kappa shape index (κ1) is 17.5. The molecule has 25 heavy (non-hydrogen) atoms. The highest BCUT2D eigenvalue weighted by Gasteiger charge is 2.35. The van der Waals surface area contributed by atoms with Crippen LogP contribution in [0.1, 0.15) is 12.8 Å². The summed E-state index contributed by atoms with van der Waals surface area (Å²) in [5.41, 5.74) is 7.15. The number of nitrogen functional groups attached to an aromatic ring is 1. The van der Waals surface area contributed by atoms with Crippen molar-refractivity contribution in [2.45, 2.75) is 12.8 Å². The molecule has 3 heterocycles. The lowest BCUT2D eigenvalue weighted by Gasteiger charge is -2.29. The fourth-order valence-corrected chi connectivity index (χ4v) is 3.23. The van der Waals surface area contributed by atoms with E-state index < -0.39 is 0 Å². The Kier molecular flexibility index (Phi) is 5.07. The van der Waals surface area contributed by atoms with Crippen LogP contribution in [0.2, 0.25) is 5.02 Å². The minimum atomic E-state index is -0.389. The minimum absolute atomic E-state index is 0.389. The van der Waals surface area contributed by atoms with Crippen molar-refractivity contribution in [2.24, 2.45) is 12.5 Å². The van der Waals surface area contributed by atoms with Gasteiger partial charge in [0.25, 0.3) is 5.82 Å². The molecular formula is C18H21ClN5O+. The molecule has 1 aliphatic rings. The normalized spacial score (nSPS) is 16.2. The third kappa shape index (κ3) is 3.68. The lowest BCUT2D eigenvalue weighted by molar-refractivity contribution is -0.646. The van der Waals surface area contributed by atoms with Crippen molar-refractivity contribution in [3.8, 4) is 17.3 Å². The van der Waals surface area contributed by atoms with E-state index in [0.29, 0.717) is 30.6 Å². The van der Waals surface area contributed by atoms with Gasteiger partial charge in [-0.05, 0) is 31.0 Å². The van der Waals surface area contributed by atoms with Gasteiger partial charge >= 0.3 is 0 Å². The molecule has 3 rings (SSSR count). The third-order valence-corrected chi connectivity index (χ3v) is 4.98. The number of nitrogens with one attached hydrogen (secondary N) is 1. The molecule has 1 fully saturated rings. The molecule has 0 bridgehead atoms. The van der Waals surface area contributed by atoms with E-state index in [9.17, 15) is 5.26 Å². The van der Waals surface area contributed by atoms with Crippen molar-refractivity contribution < 1.29 is 9.30 Å². The molecular weight excluding hydrogens is 338 g/mol. The average molecular weight is 359 g/mol. The summed E-state index contributed by atoms with van der Waals surface area (Å²) in [5.74, 6) is 1.33. The molecule has 2 aromatic heterocycles. The Morgan fingerprint density at radius 3 is 2.92 bits per heavy atom. The molecule has 0 amide bonds. The SMILES string of the molecule is C[n+]1c(NCC2(C#N)CCOCC2)cccc1-c1cc(N)ncc1Cl. The van der Waals surface area contributed by atoms with Gasteiger partial charge in [0.2, 0.25) is 0 Å². The van der Waals surface area contributed by atoms with Crippen LogP contribution in [0.4, 0.5) is 11.6 Å². The summed E-state index contributed by atoms with van der Waals surface area (Å²) in [6.45, 7) is 1.84. The van der Waals surface area contributed by atoms with Crippen LogP contribution in [0.3, 0.4) is 0 Å². The van der Waals surface area contributed by atoms with Gasteiger partial charge in [0.05, 0.1) is 23.6 Å². The Morgan fingerprint density at radius 1 is 1.44 bits per heavy atom. The fourth-order valence-electron chi connectivity index (χ4n) is 3.03. The first-order valence-corrected chi connectivity index (χ1v) is 8.56. The van der Waals surface area contributed by atoms with E-state index in [1.165, 1.54) is 0 Å². The van der Waals surface area contributed by atoms with Crippen molar-refractivity contribution in [3.63, 3.8) is 0 Å². The number of nitriles is 1. The van der Waals surface area contributed by atoms with Crippen LogP contribution >= 0.6 is 11.6 Å². The topological polar surface area (TPSA) is 87.8 Å². The number of hydrogen-bond acceptors (Lipinski definition) is 5. The lowest BCUT2D eigenvalue weighted by atomic mass is 9.82. The van der Waals surface area contributed by atoms with E-state index in [0.717, 1.165) is 29.9 Å². The first-order chi connectivity index (χ1) is 12.0. The Labute approximate surface area is 152 Å². The van der Waals surface area contributed by atoms with Crippen LogP contribution in [0.5, 0.6) is 0 Å². The number of anilines is 2. The molecule has 0 radical (unpaired) electrons. The minimum Gasteiger partial charge on any atom is -0.384 e. The van der Waals surface area contributed by atoms with Gasteiger partial charge < -0.3 is 10.5 Å². The molecule has 0 atom stereocenters. The monoisotopic (exact) mass is 358 g/mol. The second kappa shape index (κ2) is 7.26. The molecule has 3 N–H and O–H groups in total. The van der Waals surface area contributed by atoms with Crippen LogP contribution in [-0.4, -0.2) is 24.7 Å². The molecule has 0 saturated carbocycles. The van der Waals surface area contributed by atoms with Gasteiger partial charge in [-0.1, -0.05) is 11.6 Å². The van der Waals surface area contributed by atoms with E-state index in [1.807, 2.05) is 29.8 Å². The molecule has 0 spiro atoms. The molecule has 7 heteroatoms. The molecule has 1 aliphatic heterocycles. The highest BCUT2D eigenvalue weighted by molar-refractivity contribution is 6.33. The van der Waals surface area contributed by atoms with Gasteiger partial charge in [-0.2, -0.15) is 5.26 Å². The van der Waals surface area contributed by atoms with Crippen molar-refractivity contribution in [2.75, 3.05) is 30.8 Å². The maximum Gasteiger partial charge on any atom is 0.274 e. The fraction of sp³-hybridized carbons (Fsp3) is 0.389. The molecule has 0 aromatic carbocycles. The lowest BCUT2D eigenvalue weighted by Crippen LogP contribution is -2.40. The Balaban J connectivity index is 1.87. The number of ether oxygens (including phenoxy) is 1. The summed E-state index contributed by atoms with van der Waals surface area (Å²) in [7, 11) is 1.95. The van der Waals surface area contributed by atoms with Crippen molar-refractivity contribution in [1.82, 2.24) is 4.98 Å². The summed E-state index contributed by atoms with van der Waals surface area (Å²) in [5, 5.41) is 13.6. The first-order valence-electron chi connectivity index (χ1n) is 8.18. The van der Waals surface area contributed by atoms with Crippen LogP contribution < -0.4 is 15.6 Å². The zero-order chi connectivity index (χ0) is 17.9. The number of nitrogens with zero attached hydrogens (tertiary/aromatic N) is 3. The summed E-state index contributed by atoms with van der Waals surface area (Å²) in [6, 6.07) is 10.1. The molecule has 130 valence electrons. The quantitative estimate of drug-likeness (QED) is 0.820. The summed E-state index contributed by atoms with van der Waals surface area (Å²) >= 11 is 6.29. The van der Waals surface area contributed by atoms with E-state index in [-0.39, 0.29) is 5.41 Å². The Hall–Kier alpha value is -2.36. The molecule has 0 unspecified atom stereocenters. The zero-order valence-electron chi connectivity index (χ0n) is 14.1. The number of hydrogen-bond donors (Lipinski definition) is 2. The average Bonchev–Trinajstić information content (AvgIpc) is 2.64. The molecule has 2 aromatic rings. The highest BCUT2D eigenvalue weighted by Crippen LogP contribution is 2.30. The van der Waals surface area contributed by atoms with Gasteiger partial charge in [-0.3, -0.25) is 5.32 Å². The van der Waals surface area contributed by atoms with Crippen molar-refractivity contribution in [3.05, 3.63) is 35.5 Å². The molecule has 6 nitrogen and oxygen atoms in total. The van der Waals surface area contributed by atoms with E-state index >= 15 is 0 Å². The van der Waals surface area contributed by atoms with Crippen LogP contribution in [0.25, 0.3) is 11.3 Å². The van der Waals surface area contributed by atoms with Gasteiger partial charge in [0, 0.05) is 31.0 Å². The van der Waals surface area contributed by atoms with Crippen molar-refractivity contribution in [1.29, 1.82) is 5.26 Å². The third-order valence-electron chi connectivity index (χ3n) is 4.68. The predicted octanol–water partition coefficient (Wildman–Crippen LogP) is 2.54. The van der Waals surface area contributed by atoms with Gasteiger partial charge in [0.1, 0.15) is 18.1 Å². The maximum absolute atomic E-state index is 9.60. The second-order valence-corrected chi connectivity index (χ2v) is 6.71. The number of aromatic nitrogens is 2. The Morgan fingerprint density at radius 2 is 2.20 bits per heavy atom. The molecule has 1 saturated heterocycles. The standard InChI is InChI=1S/C18H20ClN5O/c1-24-15(13-9-16(21)22-10-14(13)19)3-2-4-17(24)23-12-18(11-20)5-7-25-8-6-18/h2-4,9-10H,5-8,12H2,1H3,(H2,21,22)/p+1. The number of pyridine rings is 2. The zero-order valence-corrected chi connectivity index (χ0v) is 14.9. The summed E-state index contributed by atoms with van der Waals surface area (Å²) in [4.78, 5) is 4.01. The van der Waals surface area contributed by atoms with Crippen LogP contribution in [0, 0.1) is 16.7 Å². The smallest absolute Gasteiger partial charge is 0.274 e. The van der Waals surface area contributed by atoms with Gasteiger partial charge in [-0.25, -0.2) is 9.55 Å². The second-order valence-electron chi connectivity index (χ2n) is 6.30. The number of rotatable bonds is 4. The van der Waals surface area contributed by atoms with Gasteiger partial charge in [-0.15, -0.1) is 0 Å². The highest BCUT2D eigenvalue weighted by atomic mass is 35.5. The predicted molar refractivity (Wildman–Crippen MR) is 96.9 cm³/mol. The van der Waals surface area contributed by atoms with Crippen molar-refractivity contribution >= 4 is 23.2 Å². The van der Waals surface area contributed by atoms with Crippen LogP contribution in [-0.2, 0) is 11.8 Å². The van der Waals surface area contributed by atoms with E-state index in [2.05, 4.69) is 16.4 Å². The Bertz CT molecular complexity index is 812. The summed E-state index contributed by atoms with van der Waals surface area (Å²) in [6.07, 6.45) is 3.04. The maximum atomic E-state index is 9.60. The van der Waals surface area contributed by atoms with Gasteiger partial charge in [0.15, 0.2) is 0 Å². The number of nitrogens with two attached hydrogens (primary N) is 1.